The van der Waals surface area contributed by atoms with Gasteiger partial charge in [0.2, 0.25) is 0 Å². The van der Waals surface area contributed by atoms with Crippen LogP contribution in [0.3, 0.4) is 0 Å². The standard InChI is InChI=1S/C20H19FN2O4S/c1-12-19(20(24)23-14-6-9-16(25-2)17(10-14)26-3)28-18(22-12)11-27-15-7-4-13(21)5-8-15/h4-10H,11H2,1-3H3,(H,23,24). The van der Waals surface area contributed by atoms with Crippen LogP contribution in [0.15, 0.2) is 42.5 Å². The third kappa shape index (κ3) is 4.58. The molecule has 0 radical (unpaired) electrons. The molecular formula is C20H19FN2O4S. The van der Waals surface area contributed by atoms with E-state index in [4.69, 9.17) is 14.2 Å². The van der Waals surface area contributed by atoms with Gasteiger partial charge in [-0.05, 0) is 43.3 Å². The Hall–Kier alpha value is -3.13. The summed E-state index contributed by atoms with van der Waals surface area (Å²) in [5, 5.41) is 3.48. The molecule has 1 N–H and O–H groups in total. The Morgan fingerprint density at radius 1 is 1.11 bits per heavy atom. The van der Waals surface area contributed by atoms with Crippen LogP contribution < -0.4 is 19.5 Å². The lowest BCUT2D eigenvalue weighted by atomic mass is 10.2. The topological polar surface area (TPSA) is 69.7 Å². The molecule has 0 bridgehead atoms. The van der Waals surface area contributed by atoms with Crippen molar-refractivity contribution in [2.75, 3.05) is 19.5 Å². The summed E-state index contributed by atoms with van der Waals surface area (Å²) < 4.78 is 29.0. The minimum Gasteiger partial charge on any atom is -0.493 e. The smallest absolute Gasteiger partial charge is 0.267 e. The Labute approximate surface area is 165 Å². The number of thiazole rings is 1. The van der Waals surface area contributed by atoms with Crippen LogP contribution in [0.2, 0.25) is 0 Å². The van der Waals surface area contributed by atoms with E-state index >= 15 is 0 Å². The molecule has 3 aromatic rings. The number of ether oxygens (including phenoxy) is 3. The Kier molecular flexibility index (Phi) is 6.10. The molecule has 0 aliphatic carbocycles. The number of hydrogen-bond donors (Lipinski definition) is 1. The lowest BCUT2D eigenvalue weighted by Crippen LogP contribution is -2.11. The highest BCUT2D eigenvalue weighted by molar-refractivity contribution is 7.13. The second-order valence-electron chi connectivity index (χ2n) is 5.79. The molecule has 3 rings (SSSR count). The molecule has 0 aliphatic heterocycles. The predicted octanol–water partition coefficient (Wildman–Crippen LogP) is 4.44. The van der Waals surface area contributed by atoms with Gasteiger partial charge in [0, 0.05) is 11.8 Å². The van der Waals surface area contributed by atoms with Crippen molar-refractivity contribution in [3.05, 3.63) is 63.9 Å². The van der Waals surface area contributed by atoms with Gasteiger partial charge >= 0.3 is 0 Å². The van der Waals surface area contributed by atoms with Crippen molar-refractivity contribution in [1.82, 2.24) is 4.98 Å². The van der Waals surface area contributed by atoms with Crippen LogP contribution in [0.4, 0.5) is 10.1 Å². The molecule has 0 saturated carbocycles. The molecular weight excluding hydrogens is 383 g/mol. The number of methoxy groups -OCH3 is 2. The fraction of sp³-hybridized carbons (Fsp3) is 0.200. The lowest BCUT2D eigenvalue weighted by Gasteiger charge is -2.10. The second kappa shape index (κ2) is 8.71. The van der Waals surface area contributed by atoms with E-state index in [2.05, 4.69) is 10.3 Å². The zero-order chi connectivity index (χ0) is 20.1. The van der Waals surface area contributed by atoms with E-state index in [0.29, 0.717) is 38.5 Å². The van der Waals surface area contributed by atoms with Gasteiger partial charge in [0.05, 0.1) is 19.9 Å². The molecule has 2 aromatic carbocycles. The van der Waals surface area contributed by atoms with Crippen molar-refractivity contribution in [1.29, 1.82) is 0 Å². The summed E-state index contributed by atoms with van der Waals surface area (Å²) in [6.07, 6.45) is 0. The van der Waals surface area contributed by atoms with Gasteiger partial charge in [-0.3, -0.25) is 4.79 Å². The van der Waals surface area contributed by atoms with Gasteiger partial charge in [-0.25, -0.2) is 9.37 Å². The first kappa shape index (κ1) is 19.6. The Bertz CT molecular complexity index is 973. The average molecular weight is 402 g/mol. The minimum atomic E-state index is -0.327. The van der Waals surface area contributed by atoms with E-state index in [1.807, 2.05) is 0 Å². The summed E-state index contributed by atoms with van der Waals surface area (Å²) in [7, 11) is 3.08. The van der Waals surface area contributed by atoms with Crippen LogP contribution in [-0.2, 0) is 6.61 Å². The first-order valence-corrected chi connectivity index (χ1v) is 9.20. The number of aryl methyl sites for hydroxylation is 1. The summed E-state index contributed by atoms with van der Waals surface area (Å²) in [5.74, 6) is 1.04. The number of carbonyl (C=O) groups is 1. The molecule has 0 fully saturated rings. The first-order valence-electron chi connectivity index (χ1n) is 8.38. The molecule has 0 saturated heterocycles. The molecule has 0 spiro atoms. The molecule has 0 atom stereocenters. The van der Waals surface area contributed by atoms with Gasteiger partial charge in [-0.2, -0.15) is 0 Å². The van der Waals surface area contributed by atoms with Crippen LogP contribution in [0.5, 0.6) is 17.2 Å². The van der Waals surface area contributed by atoms with Crippen molar-refractivity contribution in [3.8, 4) is 17.2 Å². The average Bonchev–Trinajstić information content (AvgIpc) is 3.08. The number of nitrogens with zero attached hydrogens (tertiary/aromatic N) is 1. The van der Waals surface area contributed by atoms with E-state index in [1.165, 1.54) is 30.6 Å². The number of halogens is 1. The molecule has 8 heteroatoms. The summed E-state index contributed by atoms with van der Waals surface area (Å²) in [4.78, 5) is 17.5. The van der Waals surface area contributed by atoms with Crippen LogP contribution in [-0.4, -0.2) is 25.1 Å². The molecule has 0 aliphatic rings. The number of aromatic nitrogens is 1. The van der Waals surface area contributed by atoms with Crippen molar-refractivity contribution in [3.63, 3.8) is 0 Å². The number of nitrogens with one attached hydrogen (secondary N) is 1. The summed E-state index contributed by atoms with van der Waals surface area (Å²) in [6.45, 7) is 1.96. The number of carbonyl (C=O) groups excluding carboxylic acids is 1. The number of benzene rings is 2. The maximum Gasteiger partial charge on any atom is 0.267 e. The van der Waals surface area contributed by atoms with Gasteiger partial charge in [0.15, 0.2) is 11.5 Å². The van der Waals surface area contributed by atoms with Crippen molar-refractivity contribution >= 4 is 22.9 Å². The molecule has 0 unspecified atom stereocenters. The summed E-state index contributed by atoms with van der Waals surface area (Å²) in [5.41, 5.74) is 1.19. The van der Waals surface area contributed by atoms with E-state index < -0.39 is 0 Å². The number of rotatable bonds is 7. The maximum absolute atomic E-state index is 12.9. The highest BCUT2D eigenvalue weighted by atomic mass is 32.1. The molecule has 1 heterocycles. The largest absolute Gasteiger partial charge is 0.493 e. The number of amides is 1. The Balaban J connectivity index is 1.68. The monoisotopic (exact) mass is 402 g/mol. The number of anilines is 1. The van der Waals surface area contributed by atoms with Crippen molar-refractivity contribution in [2.24, 2.45) is 0 Å². The van der Waals surface area contributed by atoms with E-state index in [-0.39, 0.29) is 18.3 Å². The highest BCUT2D eigenvalue weighted by Crippen LogP contribution is 2.30. The Morgan fingerprint density at radius 3 is 2.50 bits per heavy atom. The number of hydrogen-bond acceptors (Lipinski definition) is 6. The van der Waals surface area contributed by atoms with Crippen molar-refractivity contribution < 1.29 is 23.4 Å². The first-order chi connectivity index (χ1) is 13.5. The van der Waals surface area contributed by atoms with Crippen LogP contribution in [0.25, 0.3) is 0 Å². The SMILES string of the molecule is COc1ccc(NC(=O)c2sc(COc3ccc(F)cc3)nc2C)cc1OC. The summed E-state index contributed by atoms with van der Waals surface area (Å²) >= 11 is 1.25. The second-order valence-corrected chi connectivity index (χ2v) is 6.87. The summed E-state index contributed by atoms with van der Waals surface area (Å²) in [6, 6.07) is 10.9. The minimum absolute atomic E-state index is 0.195. The maximum atomic E-state index is 12.9. The third-order valence-corrected chi connectivity index (χ3v) is 4.99. The van der Waals surface area contributed by atoms with Gasteiger partial charge in [0.25, 0.3) is 5.91 Å². The lowest BCUT2D eigenvalue weighted by molar-refractivity contribution is 0.103. The van der Waals surface area contributed by atoms with E-state index in [1.54, 1.807) is 44.4 Å². The molecule has 28 heavy (non-hydrogen) atoms. The fourth-order valence-corrected chi connectivity index (χ4v) is 3.38. The molecule has 1 amide bonds. The van der Waals surface area contributed by atoms with Gasteiger partial charge in [-0.15, -0.1) is 11.3 Å². The van der Waals surface area contributed by atoms with E-state index in [0.717, 1.165) is 0 Å². The molecule has 6 nitrogen and oxygen atoms in total. The zero-order valence-electron chi connectivity index (χ0n) is 15.6. The zero-order valence-corrected chi connectivity index (χ0v) is 16.4. The van der Waals surface area contributed by atoms with Crippen LogP contribution >= 0.6 is 11.3 Å². The molecule has 1 aromatic heterocycles. The van der Waals surface area contributed by atoms with Crippen molar-refractivity contribution in [2.45, 2.75) is 13.5 Å². The third-order valence-electron chi connectivity index (χ3n) is 3.86. The van der Waals surface area contributed by atoms with Gasteiger partial charge < -0.3 is 19.5 Å². The highest BCUT2D eigenvalue weighted by Gasteiger charge is 2.17. The van der Waals surface area contributed by atoms with Crippen LogP contribution in [0.1, 0.15) is 20.4 Å². The van der Waals surface area contributed by atoms with Crippen LogP contribution in [0, 0.1) is 12.7 Å². The normalized spacial score (nSPS) is 10.4. The quantitative estimate of drug-likeness (QED) is 0.633. The fourth-order valence-electron chi connectivity index (χ4n) is 2.50. The predicted molar refractivity (Wildman–Crippen MR) is 105 cm³/mol. The van der Waals surface area contributed by atoms with E-state index in [9.17, 15) is 9.18 Å². The molecule has 146 valence electrons. The van der Waals surface area contributed by atoms with Gasteiger partial charge in [-0.1, -0.05) is 0 Å². The Morgan fingerprint density at radius 2 is 1.82 bits per heavy atom. The van der Waals surface area contributed by atoms with Gasteiger partial charge in [0.1, 0.15) is 28.1 Å².